The van der Waals surface area contributed by atoms with E-state index in [0.717, 1.165) is 16.7 Å². The van der Waals surface area contributed by atoms with Crippen LogP contribution in [0.4, 0.5) is 26.3 Å². The zero-order valence-electron chi connectivity index (χ0n) is 14.0. The molecule has 11 heteroatoms. The van der Waals surface area contributed by atoms with Crippen LogP contribution < -0.4 is 10.6 Å². The summed E-state index contributed by atoms with van der Waals surface area (Å²) in [6.07, 6.45) is -7.80. The number of nitrogens with zero attached hydrogens (tertiary/aromatic N) is 2. The van der Waals surface area contributed by atoms with Crippen LogP contribution in [-0.4, -0.2) is 29.7 Å². The van der Waals surface area contributed by atoms with Gasteiger partial charge in [0.25, 0.3) is 0 Å². The van der Waals surface area contributed by atoms with E-state index in [2.05, 4.69) is 20.6 Å². The van der Waals surface area contributed by atoms with Crippen LogP contribution in [0.25, 0.3) is 0 Å². The van der Waals surface area contributed by atoms with Gasteiger partial charge < -0.3 is 10.6 Å². The molecule has 0 amide bonds. The minimum Gasteiger partial charge on any atom is -0.357 e. The maximum Gasteiger partial charge on any atom is 0.434 e. The number of alkyl halides is 6. The number of aromatic nitrogens is 1. The fourth-order valence-electron chi connectivity index (χ4n) is 2.74. The molecule has 0 saturated heterocycles. The van der Waals surface area contributed by atoms with Crippen molar-refractivity contribution in [1.29, 1.82) is 0 Å². The lowest BCUT2D eigenvalue weighted by molar-refractivity contribution is -0.182. The molecule has 2 N–H and O–H groups in total. The molecule has 0 aromatic carbocycles. The Balaban J connectivity index is 1.92. The van der Waals surface area contributed by atoms with Crippen LogP contribution in [0.5, 0.6) is 0 Å². The first-order chi connectivity index (χ1) is 12.1. The van der Waals surface area contributed by atoms with Crippen LogP contribution in [0.15, 0.2) is 10.4 Å². The molecule has 1 heterocycles. The van der Waals surface area contributed by atoms with Gasteiger partial charge in [-0.2, -0.15) is 26.3 Å². The monoisotopic (exact) mass is 402 g/mol. The first kappa shape index (κ1) is 20.8. The minimum absolute atomic E-state index is 0.0338. The van der Waals surface area contributed by atoms with Crippen molar-refractivity contribution in [1.82, 2.24) is 15.6 Å². The third-order valence-corrected chi connectivity index (χ3v) is 4.92. The Hall–Kier alpha value is -1.52. The minimum atomic E-state index is -4.49. The fourth-order valence-corrected chi connectivity index (χ4v) is 3.46. The number of rotatable bonds is 4. The maximum absolute atomic E-state index is 12.7. The molecular formula is C15H20F6N4S. The van der Waals surface area contributed by atoms with Gasteiger partial charge in [-0.3, -0.25) is 0 Å². The molecule has 1 saturated carbocycles. The normalized spacial score (nSPS) is 22.3. The maximum atomic E-state index is 12.7. The number of hydrogen-bond acceptors (Lipinski definition) is 3. The highest BCUT2D eigenvalue weighted by molar-refractivity contribution is 7.09. The number of thiazole rings is 1. The average Bonchev–Trinajstić information content (AvgIpc) is 3.02. The molecule has 2 rings (SSSR count). The second kappa shape index (κ2) is 8.45. The lowest BCUT2D eigenvalue weighted by atomic mass is 9.85. The lowest BCUT2D eigenvalue weighted by Gasteiger charge is -2.31. The van der Waals surface area contributed by atoms with Crippen LogP contribution in [0, 0.1) is 5.92 Å². The zero-order chi connectivity index (χ0) is 19.4. The smallest absolute Gasteiger partial charge is 0.357 e. The highest BCUT2D eigenvalue weighted by atomic mass is 32.1. The Kier molecular flexibility index (Phi) is 6.75. The molecule has 148 valence electrons. The van der Waals surface area contributed by atoms with Crippen molar-refractivity contribution in [2.75, 3.05) is 6.54 Å². The summed E-state index contributed by atoms with van der Waals surface area (Å²) < 4.78 is 75.8. The van der Waals surface area contributed by atoms with Crippen molar-refractivity contribution in [2.24, 2.45) is 10.9 Å². The summed E-state index contributed by atoms with van der Waals surface area (Å²) in [4.78, 5) is 7.70. The summed E-state index contributed by atoms with van der Waals surface area (Å²) in [7, 11) is 0. The van der Waals surface area contributed by atoms with Gasteiger partial charge in [0.2, 0.25) is 0 Å². The molecule has 0 unspecified atom stereocenters. The van der Waals surface area contributed by atoms with Gasteiger partial charge in [0.05, 0.1) is 12.5 Å². The number of halogens is 6. The van der Waals surface area contributed by atoms with E-state index in [4.69, 9.17) is 0 Å². The van der Waals surface area contributed by atoms with Crippen LogP contribution >= 0.6 is 11.3 Å². The van der Waals surface area contributed by atoms with Gasteiger partial charge in [-0.25, -0.2) is 9.98 Å². The van der Waals surface area contributed by atoms with Gasteiger partial charge >= 0.3 is 12.4 Å². The third-order valence-electron chi connectivity index (χ3n) is 4.09. The topological polar surface area (TPSA) is 49.3 Å². The molecular weight excluding hydrogens is 382 g/mol. The largest absolute Gasteiger partial charge is 0.434 e. The molecule has 1 aliphatic carbocycles. The van der Waals surface area contributed by atoms with Crippen molar-refractivity contribution in [2.45, 2.75) is 57.5 Å². The number of hydrogen-bond donors (Lipinski definition) is 2. The van der Waals surface area contributed by atoms with Gasteiger partial charge in [0.15, 0.2) is 11.7 Å². The molecule has 0 aliphatic heterocycles. The van der Waals surface area contributed by atoms with E-state index < -0.39 is 24.0 Å². The highest BCUT2D eigenvalue weighted by Crippen LogP contribution is 2.37. The summed E-state index contributed by atoms with van der Waals surface area (Å²) in [6, 6.07) is -0.145. The van der Waals surface area contributed by atoms with Crippen LogP contribution in [0.3, 0.4) is 0 Å². The summed E-state index contributed by atoms with van der Waals surface area (Å²) in [5, 5.41) is 7.16. The van der Waals surface area contributed by atoms with E-state index in [0.29, 0.717) is 25.3 Å². The molecule has 1 aromatic heterocycles. The molecule has 1 fully saturated rings. The Morgan fingerprint density at radius 1 is 1.19 bits per heavy atom. The predicted molar refractivity (Wildman–Crippen MR) is 86.9 cm³/mol. The standard InChI is InChI=1S/C15H20F6N4S/c1-2-22-13(23-7-12-25-11(8-26-12)15(19,20)21)24-10-5-3-9(4-6-10)14(16,17)18/h8-10H,2-7H2,1H3,(H2,22,23,24). The fraction of sp³-hybridized carbons (Fsp3) is 0.733. The van der Waals surface area contributed by atoms with E-state index in [1.165, 1.54) is 0 Å². The van der Waals surface area contributed by atoms with Gasteiger partial charge in [-0.1, -0.05) is 0 Å². The summed E-state index contributed by atoms with van der Waals surface area (Å²) in [5.41, 5.74) is -0.948. The van der Waals surface area contributed by atoms with Gasteiger partial charge in [-0.05, 0) is 32.6 Å². The van der Waals surface area contributed by atoms with Crippen molar-refractivity contribution in [3.63, 3.8) is 0 Å². The van der Waals surface area contributed by atoms with Crippen molar-refractivity contribution in [3.8, 4) is 0 Å². The molecule has 4 nitrogen and oxygen atoms in total. The Morgan fingerprint density at radius 2 is 1.85 bits per heavy atom. The van der Waals surface area contributed by atoms with Crippen LogP contribution in [0.1, 0.15) is 43.3 Å². The van der Waals surface area contributed by atoms with Crippen molar-refractivity contribution >= 4 is 17.3 Å². The lowest BCUT2D eigenvalue weighted by Crippen LogP contribution is -2.45. The first-order valence-electron chi connectivity index (χ1n) is 8.22. The predicted octanol–water partition coefficient (Wildman–Crippen LogP) is 4.34. The average molecular weight is 402 g/mol. The Bertz CT molecular complexity index is 602. The highest BCUT2D eigenvalue weighted by Gasteiger charge is 2.41. The van der Waals surface area contributed by atoms with Gasteiger partial charge in [0, 0.05) is 18.0 Å². The van der Waals surface area contributed by atoms with E-state index >= 15 is 0 Å². The summed E-state index contributed by atoms with van der Waals surface area (Å²) in [6.45, 7) is 2.31. The van der Waals surface area contributed by atoms with E-state index in [-0.39, 0.29) is 30.4 Å². The zero-order valence-corrected chi connectivity index (χ0v) is 14.9. The molecule has 0 bridgehead atoms. The first-order valence-corrected chi connectivity index (χ1v) is 9.10. The number of nitrogens with one attached hydrogen (secondary N) is 2. The molecule has 26 heavy (non-hydrogen) atoms. The number of aliphatic imine (C=N–C) groups is 1. The van der Waals surface area contributed by atoms with Gasteiger partial charge in [0.1, 0.15) is 5.01 Å². The number of guanidine groups is 1. The Morgan fingerprint density at radius 3 is 2.35 bits per heavy atom. The molecule has 0 radical (unpaired) electrons. The molecule has 1 aromatic rings. The van der Waals surface area contributed by atoms with Crippen molar-refractivity contribution < 1.29 is 26.3 Å². The third kappa shape index (κ3) is 6.03. The van der Waals surface area contributed by atoms with Crippen LogP contribution in [-0.2, 0) is 12.7 Å². The summed E-state index contributed by atoms with van der Waals surface area (Å²) in [5.74, 6) is -0.900. The molecule has 0 spiro atoms. The van der Waals surface area contributed by atoms with E-state index in [9.17, 15) is 26.3 Å². The van der Waals surface area contributed by atoms with E-state index in [1.54, 1.807) is 0 Å². The SMILES string of the molecule is CCNC(=NCc1nc(C(F)(F)F)cs1)NC1CCC(C(F)(F)F)CC1. The van der Waals surface area contributed by atoms with Crippen molar-refractivity contribution in [3.05, 3.63) is 16.1 Å². The molecule has 1 aliphatic rings. The quantitative estimate of drug-likeness (QED) is 0.448. The molecule has 0 atom stereocenters. The Labute approximate surface area is 151 Å². The van der Waals surface area contributed by atoms with Gasteiger partial charge in [-0.15, -0.1) is 11.3 Å². The second-order valence-electron chi connectivity index (χ2n) is 6.05. The van der Waals surface area contributed by atoms with Crippen LogP contribution in [0.2, 0.25) is 0 Å². The van der Waals surface area contributed by atoms with E-state index in [1.807, 2.05) is 6.92 Å². The second-order valence-corrected chi connectivity index (χ2v) is 7.00. The summed E-state index contributed by atoms with van der Waals surface area (Å²) >= 11 is 0.867.